The molecule has 0 atom stereocenters. The van der Waals surface area contributed by atoms with E-state index in [4.69, 9.17) is 0 Å². The first-order chi connectivity index (χ1) is 6.93. The lowest BCUT2D eigenvalue weighted by atomic mass is 10.0. The molecule has 0 saturated carbocycles. The molecule has 14 heavy (non-hydrogen) atoms. The van der Waals surface area contributed by atoms with Gasteiger partial charge in [0.2, 0.25) is 0 Å². The molecule has 0 saturated heterocycles. The molecule has 1 heteroatoms. The second-order valence-electron chi connectivity index (χ2n) is 3.52. The molecular formula is C13H10S. The van der Waals surface area contributed by atoms with Crippen LogP contribution in [-0.2, 0) is 6.42 Å². The van der Waals surface area contributed by atoms with Crippen LogP contribution in [0.25, 0.3) is 11.6 Å². The molecule has 0 bridgehead atoms. The fourth-order valence-electron chi connectivity index (χ4n) is 1.87. The highest BCUT2D eigenvalue weighted by atomic mass is 32.1. The minimum atomic E-state index is 1.10. The van der Waals surface area contributed by atoms with E-state index in [2.05, 4.69) is 47.9 Å². The van der Waals surface area contributed by atoms with Crippen LogP contribution in [0.5, 0.6) is 0 Å². The number of fused-ring (bicyclic) bond motifs is 1. The lowest BCUT2D eigenvalue weighted by Gasteiger charge is -2.00. The maximum absolute atomic E-state index is 2.31. The molecule has 1 aliphatic rings. The van der Waals surface area contributed by atoms with Crippen LogP contribution in [0, 0.1) is 0 Å². The molecular weight excluding hydrogens is 188 g/mol. The molecule has 0 radical (unpaired) electrons. The van der Waals surface area contributed by atoms with Crippen molar-refractivity contribution in [3.8, 4) is 0 Å². The van der Waals surface area contributed by atoms with E-state index in [1.54, 1.807) is 0 Å². The molecule has 1 aromatic heterocycles. The number of hydrogen-bond donors (Lipinski definition) is 0. The first-order valence-corrected chi connectivity index (χ1v) is 5.64. The Bertz CT molecular complexity index is 477. The molecule has 1 aromatic carbocycles. The van der Waals surface area contributed by atoms with E-state index in [-0.39, 0.29) is 0 Å². The smallest absolute Gasteiger partial charge is 0.0308 e. The monoisotopic (exact) mass is 198 g/mol. The first-order valence-electron chi connectivity index (χ1n) is 4.76. The molecule has 0 fully saturated rings. The van der Waals surface area contributed by atoms with Crippen molar-refractivity contribution in [1.29, 1.82) is 0 Å². The molecule has 68 valence electrons. The molecule has 0 unspecified atom stereocenters. The third kappa shape index (κ3) is 1.21. The summed E-state index contributed by atoms with van der Waals surface area (Å²) in [6, 6.07) is 12.9. The molecule has 0 aliphatic heterocycles. The zero-order valence-electron chi connectivity index (χ0n) is 7.73. The zero-order chi connectivity index (χ0) is 9.38. The van der Waals surface area contributed by atoms with Gasteiger partial charge in [0.1, 0.15) is 0 Å². The Morgan fingerprint density at radius 2 is 1.86 bits per heavy atom. The Balaban J connectivity index is 2.02. The second kappa shape index (κ2) is 3.10. The average Bonchev–Trinajstić information content (AvgIpc) is 2.78. The molecule has 0 N–H and O–H groups in total. The van der Waals surface area contributed by atoms with Crippen LogP contribution >= 0.6 is 11.3 Å². The molecule has 2 aromatic rings. The Morgan fingerprint density at radius 3 is 2.64 bits per heavy atom. The second-order valence-corrected chi connectivity index (χ2v) is 4.47. The van der Waals surface area contributed by atoms with Crippen molar-refractivity contribution >= 4 is 23.0 Å². The van der Waals surface area contributed by atoms with Gasteiger partial charge in [-0.1, -0.05) is 30.3 Å². The van der Waals surface area contributed by atoms with Crippen LogP contribution in [0.15, 0.2) is 41.8 Å². The van der Waals surface area contributed by atoms with Gasteiger partial charge in [0.05, 0.1) is 0 Å². The Morgan fingerprint density at radius 1 is 1.00 bits per heavy atom. The van der Waals surface area contributed by atoms with Gasteiger partial charge in [-0.15, -0.1) is 11.3 Å². The molecule has 1 aliphatic carbocycles. The van der Waals surface area contributed by atoms with E-state index >= 15 is 0 Å². The summed E-state index contributed by atoms with van der Waals surface area (Å²) in [5.74, 6) is 0. The maximum atomic E-state index is 2.31. The predicted molar refractivity (Wildman–Crippen MR) is 62.3 cm³/mol. The fraction of sp³-hybridized carbons (Fsp3) is 0.0769. The summed E-state index contributed by atoms with van der Waals surface area (Å²) in [4.78, 5) is 1.43. The van der Waals surface area contributed by atoms with Gasteiger partial charge in [0.25, 0.3) is 0 Å². The fourth-order valence-corrected chi connectivity index (χ4v) is 2.75. The summed E-state index contributed by atoms with van der Waals surface area (Å²) in [5.41, 5.74) is 4.29. The molecule has 0 amide bonds. The van der Waals surface area contributed by atoms with E-state index in [0.717, 1.165) is 6.42 Å². The van der Waals surface area contributed by atoms with Gasteiger partial charge >= 0.3 is 0 Å². The van der Waals surface area contributed by atoms with Gasteiger partial charge < -0.3 is 0 Å². The highest BCUT2D eigenvalue weighted by Crippen LogP contribution is 2.34. The largest absolute Gasteiger partial charge is 0.144 e. The van der Waals surface area contributed by atoms with E-state index < -0.39 is 0 Å². The first kappa shape index (κ1) is 8.01. The summed E-state index contributed by atoms with van der Waals surface area (Å²) < 4.78 is 0. The minimum Gasteiger partial charge on any atom is -0.144 e. The standard InChI is InChI=1S/C13H10S/c1-2-4-10(5-3-1)12-8-11-6-7-14-13(11)9-12/h1-7,9H,8H2. The van der Waals surface area contributed by atoms with Crippen LogP contribution in [0.4, 0.5) is 0 Å². The van der Waals surface area contributed by atoms with Crippen LogP contribution in [0.2, 0.25) is 0 Å². The number of thiophene rings is 1. The van der Waals surface area contributed by atoms with Crippen LogP contribution in [0.3, 0.4) is 0 Å². The van der Waals surface area contributed by atoms with E-state index in [9.17, 15) is 0 Å². The van der Waals surface area contributed by atoms with Crippen LogP contribution in [-0.4, -0.2) is 0 Å². The van der Waals surface area contributed by atoms with Crippen molar-refractivity contribution in [2.75, 3.05) is 0 Å². The zero-order valence-corrected chi connectivity index (χ0v) is 8.55. The van der Waals surface area contributed by atoms with Crippen molar-refractivity contribution < 1.29 is 0 Å². The number of rotatable bonds is 1. The van der Waals surface area contributed by atoms with Gasteiger partial charge in [-0.2, -0.15) is 0 Å². The lowest BCUT2D eigenvalue weighted by molar-refractivity contribution is 1.34. The summed E-state index contributed by atoms with van der Waals surface area (Å²) >= 11 is 1.83. The molecule has 1 heterocycles. The highest BCUT2D eigenvalue weighted by molar-refractivity contribution is 7.11. The van der Waals surface area contributed by atoms with Gasteiger partial charge in [-0.05, 0) is 40.6 Å². The van der Waals surface area contributed by atoms with E-state index in [1.165, 1.54) is 21.6 Å². The topological polar surface area (TPSA) is 0 Å². The SMILES string of the molecule is C1=C(c2ccccc2)Cc2ccsc21. The lowest BCUT2D eigenvalue weighted by Crippen LogP contribution is -1.82. The highest BCUT2D eigenvalue weighted by Gasteiger charge is 2.14. The van der Waals surface area contributed by atoms with Gasteiger partial charge in [-0.25, -0.2) is 0 Å². The Kier molecular flexibility index (Phi) is 1.78. The minimum absolute atomic E-state index is 1.10. The summed E-state index contributed by atoms with van der Waals surface area (Å²) in [7, 11) is 0. The summed E-state index contributed by atoms with van der Waals surface area (Å²) in [6.45, 7) is 0. The maximum Gasteiger partial charge on any atom is 0.0308 e. The van der Waals surface area contributed by atoms with Crippen molar-refractivity contribution in [2.24, 2.45) is 0 Å². The summed E-state index contributed by atoms with van der Waals surface area (Å²) in [5, 5.41) is 2.17. The van der Waals surface area contributed by atoms with Crippen LogP contribution < -0.4 is 0 Å². The van der Waals surface area contributed by atoms with Crippen LogP contribution in [0.1, 0.15) is 16.0 Å². The van der Waals surface area contributed by atoms with Gasteiger partial charge in [0, 0.05) is 4.88 Å². The molecule has 3 rings (SSSR count). The summed E-state index contributed by atoms with van der Waals surface area (Å²) in [6.07, 6.45) is 3.41. The number of allylic oxidation sites excluding steroid dienone is 1. The number of hydrogen-bond acceptors (Lipinski definition) is 1. The normalized spacial score (nSPS) is 13.9. The third-order valence-corrected chi connectivity index (χ3v) is 3.52. The van der Waals surface area contributed by atoms with Crippen molar-refractivity contribution in [3.63, 3.8) is 0 Å². The third-order valence-electron chi connectivity index (χ3n) is 2.61. The Hall–Kier alpha value is -1.34. The quantitative estimate of drug-likeness (QED) is 0.653. The van der Waals surface area contributed by atoms with E-state index in [0.29, 0.717) is 0 Å². The predicted octanol–water partition coefficient (Wildman–Crippen LogP) is 3.84. The average molecular weight is 198 g/mol. The molecule has 0 nitrogen and oxygen atoms in total. The Labute approximate surface area is 87.5 Å². The van der Waals surface area contributed by atoms with Crippen molar-refractivity contribution in [2.45, 2.75) is 6.42 Å². The molecule has 0 spiro atoms. The van der Waals surface area contributed by atoms with Gasteiger partial charge in [0.15, 0.2) is 0 Å². The van der Waals surface area contributed by atoms with Crippen molar-refractivity contribution in [1.82, 2.24) is 0 Å². The van der Waals surface area contributed by atoms with E-state index in [1.807, 2.05) is 11.3 Å². The number of benzene rings is 1. The van der Waals surface area contributed by atoms with Gasteiger partial charge in [-0.3, -0.25) is 0 Å². The van der Waals surface area contributed by atoms with Crippen molar-refractivity contribution in [3.05, 3.63) is 57.8 Å².